The maximum atomic E-state index is 13.5. The standard InChI is InChI=1S/C19H14FN2O.C14H16NSi.Ir/c1-11(2)12-6-7-21-17(8-12)15-5-3-4-14-16-9-13(20)10-22-19(16)23-18(14)15;1-16(2,3)13-9-10-14(15-11-13)12-7-5-4-6-8-12;/h3-4,6-11H,1-2H3;4-7,9-11H,1-3H3;/q2*-1;/i11D;;. The van der Waals surface area contributed by atoms with Gasteiger partial charge in [0.05, 0.1) is 19.9 Å². The molecule has 4 heterocycles. The quantitative estimate of drug-likeness (QED) is 0.136. The third-order valence-electron chi connectivity index (χ3n) is 6.46. The molecule has 40 heavy (non-hydrogen) atoms. The smallest absolute Gasteiger partial charge is 0.216 e. The van der Waals surface area contributed by atoms with E-state index in [1.807, 2.05) is 62.5 Å². The number of rotatable bonds is 4. The van der Waals surface area contributed by atoms with Crippen molar-refractivity contribution in [3.63, 3.8) is 0 Å². The third-order valence-corrected chi connectivity index (χ3v) is 8.49. The molecule has 4 aromatic heterocycles. The van der Waals surface area contributed by atoms with Crippen molar-refractivity contribution in [1.29, 1.82) is 0 Å². The fourth-order valence-corrected chi connectivity index (χ4v) is 5.25. The molecule has 0 bridgehead atoms. The predicted octanol–water partition coefficient (Wildman–Crippen LogP) is 8.20. The minimum atomic E-state index is -1.23. The molecule has 0 aliphatic carbocycles. The number of benzene rings is 2. The van der Waals surface area contributed by atoms with Gasteiger partial charge in [0.2, 0.25) is 5.71 Å². The van der Waals surface area contributed by atoms with Gasteiger partial charge < -0.3 is 14.4 Å². The second-order valence-electron chi connectivity index (χ2n) is 10.6. The summed E-state index contributed by atoms with van der Waals surface area (Å²) in [6.07, 6.45) is 4.83. The third kappa shape index (κ3) is 6.44. The number of furan rings is 1. The number of hydrogen-bond donors (Lipinski definition) is 0. The summed E-state index contributed by atoms with van der Waals surface area (Å²) in [4.78, 5) is 12.9. The predicted molar refractivity (Wildman–Crippen MR) is 159 cm³/mol. The second-order valence-corrected chi connectivity index (χ2v) is 15.7. The van der Waals surface area contributed by atoms with Gasteiger partial charge >= 0.3 is 0 Å². The van der Waals surface area contributed by atoms with Gasteiger partial charge in [-0.1, -0.05) is 68.2 Å². The van der Waals surface area contributed by atoms with Crippen molar-refractivity contribution in [2.75, 3.05) is 0 Å². The summed E-state index contributed by atoms with van der Waals surface area (Å²) < 4.78 is 27.5. The first-order chi connectivity index (χ1) is 19.0. The van der Waals surface area contributed by atoms with Crippen LogP contribution in [-0.4, -0.2) is 23.0 Å². The molecule has 2 aromatic carbocycles. The SMILES string of the molecule is C[Si](C)(C)c1ccc(-c2[c-]cccc2)nc1.[2H]C(C)(C)c1ccnc(-c2[c-]ccc3c2oc2ncc(F)cc23)c1.[Ir]. The molecule has 0 aliphatic rings. The van der Waals surface area contributed by atoms with Crippen LogP contribution in [0.4, 0.5) is 4.39 Å². The summed E-state index contributed by atoms with van der Waals surface area (Å²) in [6.45, 7) is 10.6. The molecule has 0 unspecified atom stereocenters. The summed E-state index contributed by atoms with van der Waals surface area (Å²) in [5.74, 6) is -1.14. The number of nitrogens with zero attached hydrogens (tertiary/aromatic N) is 3. The maximum Gasteiger partial charge on any atom is 0.216 e. The fraction of sp³-hybridized carbons (Fsp3) is 0.182. The zero-order chi connectivity index (χ0) is 28.5. The first-order valence-corrected chi connectivity index (χ1v) is 16.3. The first-order valence-electron chi connectivity index (χ1n) is 13.3. The van der Waals surface area contributed by atoms with Gasteiger partial charge in [0.15, 0.2) is 0 Å². The van der Waals surface area contributed by atoms with E-state index in [1.54, 1.807) is 12.3 Å². The maximum absolute atomic E-state index is 13.5. The van der Waals surface area contributed by atoms with E-state index >= 15 is 0 Å². The van der Waals surface area contributed by atoms with Crippen LogP contribution >= 0.6 is 0 Å². The van der Waals surface area contributed by atoms with Crippen LogP contribution in [-0.2, 0) is 20.1 Å². The van der Waals surface area contributed by atoms with E-state index in [0.29, 0.717) is 27.9 Å². The Morgan fingerprint density at radius 2 is 1.70 bits per heavy atom. The molecule has 0 atom stereocenters. The van der Waals surface area contributed by atoms with Crippen LogP contribution in [0.1, 0.15) is 26.7 Å². The summed E-state index contributed by atoms with van der Waals surface area (Å²) in [7, 11) is -1.23. The van der Waals surface area contributed by atoms with Gasteiger partial charge in [-0.15, -0.1) is 54.1 Å². The molecule has 6 aromatic rings. The molecule has 0 saturated heterocycles. The van der Waals surface area contributed by atoms with Crippen LogP contribution in [0.15, 0.2) is 89.7 Å². The van der Waals surface area contributed by atoms with Gasteiger partial charge in [0.1, 0.15) is 5.82 Å². The van der Waals surface area contributed by atoms with E-state index in [1.165, 1.54) is 11.3 Å². The van der Waals surface area contributed by atoms with Crippen molar-refractivity contribution >= 4 is 35.3 Å². The Labute approximate surface area is 250 Å². The molecule has 205 valence electrons. The Morgan fingerprint density at radius 1 is 0.875 bits per heavy atom. The van der Waals surface area contributed by atoms with Gasteiger partial charge in [-0.3, -0.25) is 0 Å². The van der Waals surface area contributed by atoms with Gasteiger partial charge in [0, 0.05) is 39.3 Å². The molecule has 1 radical (unpaired) electrons. The first kappa shape index (κ1) is 28.0. The molecule has 0 N–H and O–H groups in total. The van der Waals surface area contributed by atoms with Gasteiger partial charge in [0.25, 0.3) is 0 Å². The van der Waals surface area contributed by atoms with Crippen LogP contribution in [0.2, 0.25) is 19.6 Å². The number of halogens is 1. The normalized spacial score (nSPS) is 11.9. The molecular formula is C33H30FIrN3OSi-2. The fourth-order valence-electron chi connectivity index (χ4n) is 4.22. The number of hydrogen-bond acceptors (Lipinski definition) is 4. The van der Waals surface area contributed by atoms with Gasteiger partial charge in [-0.05, 0) is 34.6 Å². The molecule has 0 spiro atoms. The minimum Gasteiger partial charge on any atom is -0.486 e. The Kier molecular flexibility index (Phi) is 8.65. The van der Waals surface area contributed by atoms with Crippen molar-refractivity contribution < 1.29 is 30.3 Å². The van der Waals surface area contributed by atoms with Crippen LogP contribution in [0.5, 0.6) is 0 Å². The Balaban J connectivity index is 0.000000200. The van der Waals surface area contributed by atoms with Crippen LogP contribution in [0.3, 0.4) is 0 Å². The molecule has 4 nitrogen and oxygen atoms in total. The largest absolute Gasteiger partial charge is 0.486 e. The number of fused-ring (bicyclic) bond motifs is 3. The zero-order valence-electron chi connectivity index (χ0n) is 24.0. The van der Waals surface area contributed by atoms with Crippen molar-refractivity contribution in [3.8, 4) is 22.5 Å². The van der Waals surface area contributed by atoms with Crippen molar-refractivity contribution in [3.05, 3.63) is 109 Å². The summed E-state index contributed by atoms with van der Waals surface area (Å²) >= 11 is 0. The van der Waals surface area contributed by atoms with Crippen molar-refractivity contribution in [2.24, 2.45) is 0 Å². The molecule has 0 amide bonds. The van der Waals surface area contributed by atoms with E-state index < -0.39 is 19.8 Å². The van der Waals surface area contributed by atoms with Gasteiger partial charge in [-0.25, -0.2) is 9.37 Å². The molecule has 7 heteroatoms. The van der Waals surface area contributed by atoms with E-state index in [9.17, 15) is 4.39 Å². The van der Waals surface area contributed by atoms with Crippen molar-refractivity contribution in [2.45, 2.75) is 39.4 Å². The minimum absolute atomic E-state index is 0. The van der Waals surface area contributed by atoms with Crippen molar-refractivity contribution in [1.82, 2.24) is 15.0 Å². The molecular weight excluding hydrogens is 694 g/mol. The van der Waals surface area contributed by atoms with E-state index in [0.717, 1.165) is 28.4 Å². The molecule has 0 saturated carbocycles. The van der Waals surface area contributed by atoms with Crippen LogP contribution in [0, 0.1) is 17.9 Å². The monoisotopic (exact) mass is 725 g/mol. The summed E-state index contributed by atoms with van der Waals surface area (Å²) in [6, 6.07) is 27.3. The Hall–Kier alpha value is -3.51. The average Bonchev–Trinajstić information content (AvgIpc) is 3.31. The second kappa shape index (κ2) is 12.3. The van der Waals surface area contributed by atoms with Crippen LogP contribution < -0.4 is 5.19 Å². The molecule has 6 rings (SSSR count). The number of aromatic nitrogens is 3. The van der Waals surface area contributed by atoms with Crippen LogP contribution in [0.25, 0.3) is 44.6 Å². The topological polar surface area (TPSA) is 51.8 Å². The zero-order valence-corrected chi connectivity index (χ0v) is 26.4. The van der Waals surface area contributed by atoms with E-state index in [4.69, 9.17) is 5.79 Å². The molecule has 0 fully saturated rings. The summed E-state index contributed by atoms with van der Waals surface area (Å²) in [5, 5.41) is 2.78. The molecule has 0 aliphatic heterocycles. The van der Waals surface area contributed by atoms with Gasteiger partial charge in [-0.2, -0.15) is 0 Å². The Morgan fingerprint density at radius 3 is 2.38 bits per heavy atom. The average molecular weight is 725 g/mol. The van der Waals surface area contributed by atoms with E-state index in [2.05, 4.69) is 58.9 Å². The Bertz CT molecular complexity index is 1780. The number of pyridine rings is 3. The van der Waals surface area contributed by atoms with E-state index in [-0.39, 0.29) is 20.1 Å². The summed E-state index contributed by atoms with van der Waals surface area (Å²) in [5.41, 5.74) is 5.20.